The Hall–Kier alpha value is -2.78. The van der Waals surface area contributed by atoms with Gasteiger partial charge in [-0.2, -0.15) is 8.42 Å². The van der Waals surface area contributed by atoms with Crippen LogP contribution in [0.3, 0.4) is 0 Å². The van der Waals surface area contributed by atoms with Crippen molar-refractivity contribution < 1.29 is 13.2 Å². The quantitative estimate of drug-likeness (QED) is 0.679. The fraction of sp³-hybridized carbons (Fsp3) is 0.118. The molecule has 0 saturated heterocycles. The number of hydrogen-bond acceptors (Lipinski definition) is 6. The molecule has 0 bridgehead atoms. The minimum Gasteiger partial charge on any atom is -0.296 e. The number of rotatable bonds is 5. The zero-order valence-electron chi connectivity index (χ0n) is 14.1. The summed E-state index contributed by atoms with van der Waals surface area (Å²) < 4.78 is 26.3. The third kappa shape index (κ3) is 3.73. The summed E-state index contributed by atoms with van der Waals surface area (Å²) in [6.07, 6.45) is 0. The molecule has 1 N–H and O–H groups in total. The average molecular weight is 388 g/mol. The van der Waals surface area contributed by atoms with E-state index < -0.39 is 10.0 Å². The number of aromatic nitrogens is 2. The van der Waals surface area contributed by atoms with Crippen molar-refractivity contribution in [2.24, 2.45) is 0 Å². The van der Waals surface area contributed by atoms with Crippen LogP contribution in [0.5, 0.6) is 0 Å². The van der Waals surface area contributed by atoms with Gasteiger partial charge < -0.3 is 0 Å². The van der Waals surface area contributed by atoms with Gasteiger partial charge in [-0.05, 0) is 31.2 Å². The number of benzene rings is 2. The summed E-state index contributed by atoms with van der Waals surface area (Å²) in [5, 5.41) is 10.2. The maximum Gasteiger partial charge on any atom is 0.293 e. The first-order chi connectivity index (χ1) is 12.4. The summed E-state index contributed by atoms with van der Waals surface area (Å²) >= 11 is 0.806. The van der Waals surface area contributed by atoms with Crippen LogP contribution in [0.1, 0.15) is 15.9 Å². The minimum atomic E-state index is -3.85. The average Bonchev–Trinajstić information content (AvgIpc) is 3.11. The molecule has 0 aliphatic heterocycles. The van der Waals surface area contributed by atoms with Crippen LogP contribution in [0.4, 0.5) is 10.8 Å². The van der Waals surface area contributed by atoms with E-state index in [2.05, 4.69) is 15.5 Å². The van der Waals surface area contributed by atoms with E-state index in [1.807, 2.05) is 13.0 Å². The second-order valence-electron chi connectivity index (χ2n) is 5.50. The molecule has 2 aromatic carbocycles. The van der Waals surface area contributed by atoms with Crippen molar-refractivity contribution >= 4 is 38.1 Å². The highest BCUT2D eigenvalue weighted by molar-refractivity contribution is 7.94. The molecule has 9 heteroatoms. The first kappa shape index (κ1) is 18.0. The number of hydrogen-bond donors (Lipinski definition) is 1. The maximum atomic E-state index is 12.7. The number of aryl methyl sites for hydroxylation is 1. The molecule has 1 aromatic heterocycles. The summed E-state index contributed by atoms with van der Waals surface area (Å²) in [7, 11) is -2.41. The van der Waals surface area contributed by atoms with E-state index >= 15 is 0 Å². The lowest BCUT2D eigenvalue weighted by Crippen LogP contribution is -2.26. The van der Waals surface area contributed by atoms with Crippen LogP contribution in [-0.2, 0) is 10.0 Å². The summed E-state index contributed by atoms with van der Waals surface area (Å²) in [6, 6.07) is 15.7. The van der Waals surface area contributed by atoms with Crippen molar-refractivity contribution in [1.82, 2.24) is 10.2 Å². The number of nitrogens with zero attached hydrogens (tertiary/aromatic N) is 3. The number of nitrogens with one attached hydrogen (secondary N) is 1. The van der Waals surface area contributed by atoms with Gasteiger partial charge in [0.25, 0.3) is 20.3 Å². The van der Waals surface area contributed by atoms with Gasteiger partial charge in [0.15, 0.2) is 0 Å². The number of sulfonamides is 1. The number of carbonyl (C=O) groups is 1. The molecule has 0 saturated carbocycles. The Kier molecular flexibility index (Phi) is 5.01. The van der Waals surface area contributed by atoms with E-state index in [9.17, 15) is 13.2 Å². The van der Waals surface area contributed by atoms with Crippen LogP contribution >= 0.6 is 11.3 Å². The molecule has 0 fully saturated rings. The molecular weight excluding hydrogens is 372 g/mol. The van der Waals surface area contributed by atoms with Crippen molar-refractivity contribution in [3.05, 3.63) is 65.7 Å². The van der Waals surface area contributed by atoms with E-state index in [0.29, 0.717) is 11.3 Å². The van der Waals surface area contributed by atoms with Crippen molar-refractivity contribution in [3.63, 3.8) is 0 Å². The lowest BCUT2D eigenvalue weighted by Gasteiger charge is -2.16. The molecule has 7 nitrogen and oxygen atoms in total. The zero-order chi connectivity index (χ0) is 18.7. The Balaban J connectivity index is 1.80. The van der Waals surface area contributed by atoms with E-state index in [1.54, 1.807) is 48.5 Å². The Morgan fingerprint density at radius 2 is 1.81 bits per heavy atom. The third-order valence-corrected chi connectivity index (χ3v) is 6.58. The van der Waals surface area contributed by atoms with Crippen LogP contribution < -0.4 is 9.62 Å². The molecule has 0 spiro atoms. The Morgan fingerprint density at radius 3 is 2.50 bits per heavy atom. The smallest absolute Gasteiger partial charge is 0.293 e. The predicted molar refractivity (Wildman–Crippen MR) is 101 cm³/mol. The van der Waals surface area contributed by atoms with Gasteiger partial charge in [-0.3, -0.25) is 14.4 Å². The topological polar surface area (TPSA) is 92.3 Å². The number of carbonyl (C=O) groups excluding carboxylic acids is 1. The molecule has 134 valence electrons. The van der Waals surface area contributed by atoms with Crippen LogP contribution in [0.15, 0.2) is 58.9 Å². The number of anilines is 2. The van der Waals surface area contributed by atoms with Crippen molar-refractivity contribution in [1.29, 1.82) is 0 Å². The second kappa shape index (κ2) is 7.22. The van der Waals surface area contributed by atoms with E-state index in [0.717, 1.165) is 21.2 Å². The highest BCUT2D eigenvalue weighted by Crippen LogP contribution is 2.26. The maximum absolute atomic E-state index is 12.7. The van der Waals surface area contributed by atoms with Crippen LogP contribution in [-0.4, -0.2) is 31.6 Å². The van der Waals surface area contributed by atoms with Gasteiger partial charge in [-0.15, -0.1) is 10.2 Å². The van der Waals surface area contributed by atoms with Gasteiger partial charge in [-0.25, -0.2) is 0 Å². The molecule has 1 heterocycles. The molecular formula is C17H16N4O3S2. The largest absolute Gasteiger partial charge is 0.296 e. The van der Waals surface area contributed by atoms with Crippen molar-refractivity contribution in [2.45, 2.75) is 11.3 Å². The first-order valence-corrected chi connectivity index (χ1v) is 9.89. The molecule has 26 heavy (non-hydrogen) atoms. The highest BCUT2D eigenvalue weighted by atomic mass is 32.2. The van der Waals surface area contributed by atoms with Gasteiger partial charge >= 0.3 is 0 Å². The number of para-hydroxylation sites is 1. The lowest BCUT2D eigenvalue weighted by molar-refractivity contribution is 0.102. The summed E-state index contributed by atoms with van der Waals surface area (Å²) in [5.74, 6) is -0.370. The van der Waals surface area contributed by atoms with Crippen LogP contribution in [0.25, 0.3) is 0 Å². The fourth-order valence-corrected chi connectivity index (χ4v) is 4.46. The molecule has 0 aliphatic carbocycles. The zero-order valence-corrected chi connectivity index (χ0v) is 15.7. The molecule has 0 atom stereocenters. The normalized spacial score (nSPS) is 11.2. The SMILES string of the molecule is Cc1cccc(C(=O)Nc2nnc(S(=O)(=O)N(C)c3ccccc3)s2)c1. The molecule has 0 unspecified atom stereocenters. The number of amides is 1. The van der Waals surface area contributed by atoms with Gasteiger partial charge in [0, 0.05) is 12.6 Å². The van der Waals surface area contributed by atoms with E-state index in [-0.39, 0.29) is 15.4 Å². The monoisotopic (exact) mass is 388 g/mol. The van der Waals surface area contributed by atoms with Gasteiger partial charge in [0.05, 0.1) is 5.69 Å². The van der Waals surface area contributed by atoms with Gasteiger partial charge in [0.2, 0.25) is 5.13 Å². The Morgan fingerprint density at radius 1 is 1.08 bits per heavy atom. The highest BCUT2D eigenvalue weighted by Gasteiger charge is 2.26. The summed E-state index contributed by atoms with van der Waals surface area (Å²) in [5.41, 5.74) is 1.92. The van der Waals surface area contributed by atoms with E-state index in [4.69, 9.17) is 0 Å². The Labute approximate surface area is 155 Å². The molecule has 3 aromatic rings. The second-order valence-corrected chi connectivity index (χ2v) is 8.63. The van der Waals surface area contributed by atoms with Gasteiger partial charge in [0.1, 0.15) is 0 Å². The lowest BCUT2D eigenvalue weighted by atomic mass is 10.1. The molecule has 0 aliphatic rings. The van der Waals surface area contributed by atoms with Crippen molar-refractivity contribution in [2.75, 3.05) is 16.7 Å². The molecule has 3 rings (SSSR count). The predicted octanol–water partition coefficient (Wildman–Crippen LogP) is 2.92. The Bertz CT molecular complexity index is 1030. The van der Waals surface area contributed by atoms with Crippen molar-refractivity contribution in [3.8, 4) is 0 Å². The molecule has 1 amide bonds. The van der Waals surface area contributed by atoms with Crippen LogP contribution in [0, 0.1) is 6.92 Å². The fourth-order valence-electron chi connectivity index (χ4n) is 2.21. The van der Waals surface area contributed by atoms with Gasteiger partial charge in [-0.1, -0.05) is 47.2 Å². The summed E-state index contributed by atoms with van der Waals surface area (Å²) in [6.45, 7) is 1.88. The summed E-state index contributed by atoms with van der Waals surface area (Å²) in [4.78, 5) is 12.2. The minimum absolute atomic E-state index is 0.122. The van der Waals surface area contributed by atoms with Crippen LogP contribution in [0.2, 0.25) is 0 Å². The standard InChI is InChI=1S/C17H16N4O3S2/c1-12-7-6-8-13(11-12)15(22)18-16-19-20-17(25-16)26(23,24)21(2)14-9-4-3-5-10-14/h3-11H,1-2H3,(H,18,19,22). The van der Waals surface area contributed by atoms with E-state index in [1.165, 1.54) is 7.05 Å². The first-order valence-electron chi connectivity index (χ1n) is 7.63. The molecule has 0 radical (unpaired) electrons. The third-order valence-electron chi connectivity index (χ3n) is 3.61.